The maximum atomic E-state index is 10.6. The van der Waals surface area contributed by atoms with E-state index in [1.54, 1.807) is 37.1 Å². The lowest BCUT2D eigenvalue weighted by atomic mass is 10.3. The zero-order valence-corrected chi connectivity index (χ0v) is 7.88. The number of carbonyl (C=O) groups excluding carboxylic acids is 1. The van der Waals surface area contributed by atoms with E-state index in [1.165, 1.54) is 0 Å². The van der Waals surface area contributed by atoms with E-state index >= 15 is 0 Å². The highest BCUT2D eigenvalue weighted by atomic mass is 16.5. The van der Waals surface area contributed by atoms with Gasteiger partial charge in [0, 0.05) is 18.6 Å². The summed E-state index contributed by atoms with van der Waals surface area (Å²) in [6.45, 7) is 0. The van der Waals surface area contributed by atoms with Crippen LogP contribution in [-0.4, -0.2) is 20.9 Å². The first-order valence-corrected chi connectivity index (χ1v) is 4.43. The molecule has 0 unspecified atom stereocenters. The van der Waals surface area contributed by atoms with Gasteiger partial charge in [-0.3, -0.25) is 9.78 Å². The molecule has 0 aliphatic carbocycles. The molecular formula is C10H9N3O2. The Morgan fingerprint density at radius 2 is 2.33 bits per heavy atom. The van der Waals surface area contributed by atoms with Crippen molar-refractivity contribution in [2.45, 2.75) is 6.42 Å². The summed E-state index contributed by atoms with van der Waals surface area (Å²) in [5, 5.41) is 0. The highest BCUT2D eigenvalue weighted by Gasteiger charge is 2.19. The average Bonchev–Trinajstić information content (AvgIpc) is 2.87. The Morgan fingerprint density at radius 3 is 2.93 bits per heavy atom. The quantitative estimate of drug-likeness (QED) is 0.647. The number of fused-ring (bicyclic) bond motifs is 1. The molecule has 0 radical (unpaired) electrons. The number of carbonyl (C=O) groups is 1. The van der Waals surface area contributed by atoms with Gasteiger partial charge in [-0.05, 0) is 12.1 Å². The molecular weight excluding hydrogens is 194 g/mol. The Kier molecular flexibility index (Phi) is 2.73. The van der Waals surface area contributed by atoms with Gasteiger partial charge in [0.1, 0.15) is 0 Å². The molecule has 5 nitrogen and oxygen atoms in total. The number of esters is 1. The summed E-state index contributed by atoms with van der Waals surface area (Å²) >= 11 is 0. The van der Waals surface area contributed by atoms with Gasteiger partial charge in [0.15, 0.2) is 5.75 Å². The third-order valence-electron chi connectivity index (χ3n) is 1.79. The lowest BCUT2D eigenvalue weighted by molar-refractivity contribution is -0.131. The summed E-state index contributed by atoms with van der Waals surface area (Å²) in [5.74, 6) is 0.390. The second-order valence-electron chi connectivity index (χ2n) is 2.86. The van der Waals surface area contributed by atoms with E-state index in [-0.39, 0.29) is 5.97 Å². The molecule has 0 saturated carbocycles. The molecule has 0 fully saturated rings. The Labute approximate surface area is 86.1 Å². The first-order valence-electron chi connectivity index (χ1n) is 4.43. The van der Waals surface area contributed by atoms with Gasteiger partial charge >= 0.3 is 5.97 Å². The topological polar surface area (TPSA) is 67.9 Å². The van der Waals surface area contributed by atoms with Crippen LogP contribution in [0.25, 0.3) is 0 Å². The maximum Gasteiger partial charge on any atom is 0.317 e. The van der Waals surface area contributed by atoms with E-state index in [0.29, 0.717) is 12.2 Å². The fraction of sp³-hybridized carbons (Fsp3) is 0.100. The van der Waals surface area contributed by atoms with Crippen molar-refractivity contribution in [2.24, 2.45) is 0 Å². The fourth-order valence-electron chi connectivity index (χ4n) is 1.16. The predicted molar refractivity (Wildman–Crippen MR) is 52.2 cm³/mol. The van der Waals surface area contributed by atoms with Crippen LogP contribution in [0.2, 0.25) is 0 Å². The zero-order valence-electron chi connectivity index (χ0n) is 7.88. The average molecular weight is 203 g/mol. The zero-order chi connectivity index (χ0) is 10.5. The molecule has 3 rings (SSSR count). The van der Waals surface area contributed by atoms with Crippen LogP contribution in [-0.2, 0) is 11.2 Å². The fourth-order valence-corrected chi connectivity index (χ4v) is 1.16. The van der Waals surface area contributed by atoms with Gasteiger partial charge in [-0.2, -0.15) is 0 Å². The first-order chi connectivity index (χ1) is 7.36. The minimum absolute atomic E-state index is 0.214. The number of pyridine rings is 1. The standard InChI is InChI=1S/C7H5NO2.C3H4N2/c9-7-4-5-6(10-7)2-1-3-8-5;1-2-5-3-4-1/h1-3H,4H2;1-3H,(H,4,5). The molecule has 0 bridgehead atoms. The number of nitrogens with zero attached hydrogens (tertiary/aromatic N) is 2. The van der Waals surface area contributed by atoms with Crippen LogP contribution in [0.1, 0.15) is 5.69 Å². The SMILES string of the molecule is O=C1Cc2ncccc2O1.c1c[nH]cn1. The summed E-state index contributed by atoms with van der Waals surface area (Å²) in [4.78, 5) is 21.0. The number of ether oxygens (including phenoxy) is 1. The van der Waals surface area contributed by atoms with Crippen LogP contribution in [0.3, 0.4) is 0 Å². The first kappa shape index (κ1) is 9.39. The summed E-state index contributed by atoms with van der Waals surface area (Å²) < 4.78 is 4.81. The van der Waals surface area contributed by atoms with Crippen LogP contribution in [0.4, 0.5) is 0 Å². The van der Waals surface area contributed by atoms with Gasteiger partial charge in [-0.25, -0.2) is 4.98 Å². The summed E-state index contributed by atoms with van der Waals surface area (Å²) in [7, 11) is 0. The number of aromatic nitrogens is 3. The van der Waals surface area contributed by atoms with Crippen LogP contribution in [0.5, 0.6) is 5.75 Å². The van der Waals surface area contributed by atoms with E-state index in [4.69, 9.17) is 4.74 Å². The monoisotopic (exact) mass is 203 g/mol. The molecule has 1 aliphatic heterocycles. The van der Waals surface area contributed by atoms with Gasteiger partial charge in [0.25, 0.3) is 0 Å². The van der Waals surface area contributed by atoms with Crippen LogP contribution in [0, 0.1) is 0 Å². The second kappa shape index (κ2) is 4.36. The Balaban J connectivity index is 0.000000144. The van der Waals surface area contributed by atoms with Gasteiger partial charge in [0.2, 0.25) is 0 Å². The molecule has 1 aliphatic rings. The number of aromatic amines is 1. The van der Waals surface area contributed by atoms with Crippen molar-refractivity contribution in [1.82, 2.24) is 15.0 Å². The summed E-state index contributed by atoms with van der Waals surface area (Å²) in [6, 6.07) is 3.49. The van der Waals surface area contributed by atoms with Crippen LogP contribution < -0.4 is 4.74 Å². The van der Waals surface area contributed by atoms with Crippen molar-refractivity contribution in [1.29, 1.82) is 0 Å². The van der Waals surface area contributed by atoms with Crippen molar-refractivity contribution in [3.63, 3.8) is 0 Å². The number of hydrogen-bond acceptors (Lipinski definition) is 4. The van der Waals surface area contributed by atoms with Gasteiger partial charge in [-0.1, -0.05) is 0 Å². The Hall–Kier alpha value is -2.17. The molecule has 0 amide bonds. The molecule has 0 spiro atoms. The normalized spacial score (nSPS) is 12.4. The third-order valence-corrected chi connectivity index (χ3v) is 1.79. The minimum atomic E-state index is -0.214. The molecule has 3 heterocycles. The summed E-state index contributed by atoms with van der Waals surface area (Å²) in [5.41, 5.74) is 0.743. The van der Waals surface area contributed by atoms with Crippen molar-refractivity contribution < 1.29 is 9.53 Å². The number of nitrogens with one attached hydrogen (secondary N) is 1. The minimum Gasteiger partial charge on any atom is -0.424 e. The van der Waals surface area contributed by atoms with Crippen LogP contribution in [0.15, 0.2) is 37.1 Å². The lowest BCUT2D eigenvalue weighted by Crippen LogP contribution is -2.00. The smallest absolute Gasteiger partial charge is 0.317 e. The molecule has 76 valence electrons. The van der Waals surface area contributed by atoms with E-state index in [2.05, 4.69) is 15.0 Å². The summed E-state index contributed by atoms with van der Waals surface area (Å²) in [6.07, 6.45) is 7.05. The van der Waals surface area contributed by atoms with Crippen molar-refractivity contribution in [2.75, 3.05) is 0 Å². The third kappa shape index (κ3) is 2.40. The molecule has 5 heteroatoms. The van der Waals surface area contributed by atoms with Crippen LogP contribution >= 0.6 is 0 Å². The largest absolute Gasteiger partial charge is 0.424 e. The molecule has 0 aromatic carbocycles. The Bertz CT molecular complexity index is 395. The molecule has 0 atom stereocenters. The van der Waals surface area contributed by atoms with E-state index in [0.717, 1.165) is 5.69 Å². The van der Waals surface area contributed by atoms with Gasteiger partial charge < -0.3 is 9.72 Å². The molecule has 15 heavy (non-hydrogen) atoms. The molecule has 0 saturated heterocycles. The number of imidazole rings is 1. The van der Waals surface area contributed by atoms with Gasteiger partial charge in [-0.15, -0.1) is 0 Å². The number of hydrogen-bond donors (Lipinski definition) is 1. The highest BCUT2D eigenvalue weighted by molar-refractivity contribution is 5.79. The van der Waals surface area contributed by atoms with E-state index < -0.39 is 0 Å². The lowest BCUT2D eigenvalue weighted by Gasteiger charge is -1.91. The second-order valence-corrected chi connectivity index (χ2v) is 2.86. The molecule has 2 aromatic rings. The predicted octanol–water partition coefficient (Wildman–Crippen LogP) is 0.953. The maximum absolute atomic E-state index is 10.6. The van der Waals surface area contributed by atoms with Crippen molar-refractivity contribution in [3.05, 3.63) is 42.7 Å². The van der Waals surface area contributed by atoms with E-state index in [1.807, 2.05) is 0 Å². The highest BCUT2D eigenvalue weighted by Crippen LogP contribution is 2.21. The van der Waals surface area contributed by atoms with Crippen molar-refractivity contribution in [3.8, 4) is 5.75 Å². The van der Waals surface area contributed by atoms with Gasteiger partial charge in [0.05, 0.1) is 18.4 Å². The number of rotatable bonds is 0. The van der Waals surface area contributed by atoms with E-state index in [9.17, 15) is 4.79 Å². The molecule has 2 aromatic heterocycles. The van der Waals surface area contributed by atoms with Crippen molar-refractivity contribution >= 4 is 5.97 Å². The Morgan fingerprint density at radius 1 is 1.40 bits per heavy atom. The number of H-pyrrole nitrogens is 1. The molecule has 1 N–H and O–H groups in total.